The van der Waals surface area contributed by atoms with Crippen molar-refractivity contribution in [2.75, 3.05) is 0 Å². The summed E-state index contributed by atoms with van der Waals surface area (Å²) < 4.78 is 0. The Balaban J connectivity index is 1.90. The highest BCUT2D eigenvalue weighted by Crippen LogP contribution is 2.40. The Kier molecular flexibility index (Phi) is 3.48. The van der Waals surface area contributed by atoms with E-state index in [1.54, 1.807) is 6.07 Å². The molecule has 0 aromatic heterocycles. The molecule has 2 heterocycles. The zero-order chi connectivity index (χ0) is 13.6. The Hall–Kier alpha value is -0.740. The average Bonchev–Trinajstić information content (AvgIpc) is 2.64. The number of nitrogens with zero attached hydrogens (tertiary/aromatic N) is 1. The van der Waals surface area contributed by atoms with E-state index >= 15 is 0 Å². The van der Waals surface area contributed by atoms with Crippen LogP contribution in [0.25, 0.3) is 0 Å². The molecule has 3 nitrogen and oxygen atoms in total. The lowest BCUT2D eigenvalue weighted by Crippen LogP contribution is -2.46. The van der Waals surface area contributed by atoms with Crippen molar-refractivity contribution in [1.82, 2.24) is 4.90 Å². The average molecular weight is 345 g/mol. The van der Waals surface area contributed by atoms with E-state index in [2.05, 4.69) is 15.9 Å². The van der Waals surface area contributed by atoms with Crippen molar-refractivity contribution >= 4 is 33.4 Å². The number of carbonyl (C=O) groups excluding carboxylic acids is 1. The summed E-state index contributed by atoms with van der Waals surface area (Å²) in [5.41, 5.74) is 0.409. The van der Waals surface area contributed by atoms with E-state index < -0.39 is 0 Å². The van der Waals surface area contributed by atoms with Crippen LogP contribution in [0.5, 0.6) is 5.75 Å². The number of benzene rings is 1. The van der Waals surface area contributed by atoms with Crippen molar-refractivity contribution in [1.29, 1.82) is 0 Å². The predicted molar refractivity (Wildman–Crippen MR) is 78.0 cm³/mol. The van der Waals surface area contributed by atoms with Crippen LogP contribution in [-0.4, -0.2) is 32.8 Å². The normalized spacial score (nSPS) is 29.6. The minimum absolute atomic E-state index is 0.0483. The lowest BCUT2D eigenvalue weighted by molar-refractivity contribution is 0.0603. The number of rotatable bonds is 1. The first-order valence-electron chi connectivity index (χ1n) is 6.51. The van der Waals surface area contributed by atoms with Crippen molar-refractivity contribution in [3.63, 3.8) is 0 Å². The molecule has 2 aliphatic heterocycles. The fourth-order valence-electron chi connectivity index (χ4n) is 3.26. The summed E-state index contributed by atoms with van der Waals surface area (Å²) in [6, 6.07) is 5.13. The van der Waals surface area contributed by atoms with Crippen LogP contribution in [0.1, 0.15) is 36.0 Å². The predicted octanol–water partition coefficient (Wildman–Crippen LogP) is 3.58. The summed E-state index contributed by atoms with van der Waals surface area (Å²) in [5, 5.41) is 9.94. The maximum atomic E-state index is 12.7. The minimum atomic E-state index is -0.0483. The molecule has 1 aromatic carbocycles. The molecular weight excluding hydrogens is 330 g/mol. The number of alkyl halides is 1. The van der Waals surface area contributed by atoms with Crippen molar-refractivity contribution < 1.29 is 9.90 Å². The number of phenols is 1. The molecule has 1 N–H and O–H groups in total. The SMILES string of the molecule is O=C(c1cc(O)ccc1Cl)N1C2CCC1CC(Br)C2. The lowest BCUT2D eigenvalue weighted by atomic mass is 10.0. The molecule has 102 valence electrons. The van der Waals surface area contributed by atoms with Gasteiger partial charge in [-0.1, -0.05) is 27.5 Å². The summed E-state index contributed by atoms with van der Waals surface area (Å²) in [5.74, 6) is 0.0308. The first-order valence-corrected chi connectivity index (χ1v) is 7.81. The van der Waals surface area contributed by atoms with Gasteiger partial charge in [-0.2, -0.15) is 0 Å². The van der Waals surface area contributed by atoms with E-state index in [-0.39, 0.29) is 11.7 Å². The molecule has 2 aliphatic rings. The smallest absolute Gasteiger partial charge is 0.256 e. The van der Waals surface area contributed by atoms with Crippen LogP contribution in [0.2, 0.25) is 5.02 Å². The van der Waals surface area contributed by atoms with Crippen LogP contribution < -0.4 is 0 Å². The van der Waals surface area contributed by atoms with Crippen LogP contribution in [0.4, 0.5) is 0 Å². The van der Waals surface area contributed by atoms with Gasteiger partial charge in [0.25, 0.3) is 5.91 Å². The fraction of sp³-hybridized carbons (Fsp3) is 0.500. The van der Waals surface area contributed by atoms with Crippen LogP contribution in [0, 0.1) is 0 Å². The van der Waals surface area contributed by atoms with Crippen LogP contribution in [0.15, 0.2) is 18.2 Å². The van der Waals surface area contributed by atoms with Crippen LogP contribution in [0.3, 0.4) is 0 Å². The summed E-state index contributed by atoms with van der Waals surface area (Å²) >= 11 is 9.75. The number of fused-ring (bicyclic) bond motifs is 2. The first-order chi connectivity index (χ1) is 9.06. The molecule has 5 heteroatoms. The number of halogens is 2. The van der Waals surface area contributed by atoms with Gasteiger partial charge in [-0.3, -0.25) is 4.79 Å². The Morgan fingerprint density at radius 1 is 1.32 bits per heavy atom. The maximum Gasteiger partial charge on any atom is 0.256 e. The molecule has 1 aromatic rings. The summed E-state index contributed by atoms with van der Waals surface area (Å²) in [4.78, 5) is 15.1. The fourth-order valence-corrected chi connectivity index (χ4v) is 4.32. The standard InChI is InChI=1S/C14H15BrClNO2/c15-8-5-9-1-2-10(6-8)17(9)14(19)12-7-11(18)3-4-13(12)16/h3-4,7-10,18H,1-2,5-6H2. The monoisotopic (exact) mass is 343 g/mol. The first kappa shape index (κ1) is 13.3. The molecule has 2 atom stereocenters. The number of carbonyl (C=O) groups is 1. The van der Waals surface area contributed by atoms with Gasteiger partial charge < -0.3 is 10.0 Å². The highest BCUT2D eigenvalue weighted by Gasteiger charge is 2.43. The third-order valence-corrected chi connectivity index (χ3v) is 5.17. The maximum absolute atomic E-state index is 12.7. The van der Waals surface area contributed by atoms with Crippen molar-refractivity contribution in [3.8, 4) is 5.75 Å². The van der Waals surface area contributed by atoms with Crippen molar-refractivity contribution in [3.05, 3.63) is 28.8 Å². The molecule has 0 spiro atoms. The van der Waals surface area contributed by atoms with Gasteiger partial charge in [0.15, 0.2) is 0 Å². The second-order valence-electron chi connectivity index (χ2n) is 5.33. The minimum Gasteiger partial charge on any atom is -0.508 e. The van der Waals surface area contributed by atoms with Gasteiger partial charge in [0.2, 0.25) is 0 Å². The summed E-state index contributed by atoms with van der Waals surface area (Å²) in [6.45, 7) is 0. The van der Waals surface area contributed by atoms with E-state index in [4.69, 9.17) is 11.6 Å². The molecule has 2 fully saturated rings. The van der Waals surface area contributed by atoms with Gasteiger partial charge in [0.1, 0.15) is 5.75 Å². The Bertz CT molecular complexity index is 508. The number of aromatic hydroxyl groups is 1. The van der Waals surface area contributed by atoms with Crippen molar-refractivity contribution in [2.45, 2.75) is 42.6 Å². The second kappa shape index (κ2) is 4.98. The summed E-state index contributed by atoms with van der Waals surface area (Å²) in [7, 11) is 0. The van der Waals surface area contributed by atoms with E-state index in [1.807, 2.05) is 4.90 Å². The number of amides is 1. The van der Waals surface area contributed by atoms with Gasteiger partial charge >= 0.3 is 0 Å². The van der Waals surface area contributed by atoms with Gasteiger partial charge in [-0.25, -0.2) is 0 Å². The Labute approximate surface area is 125 Å². The quantitative estimate of drug-likeness (QED) is 0.791. The molecule has 2 saturated heterocycles. The zero-order valence-corrected chi connectivity index (χ0v) is 12.7. The highest BCUT2D eigenvalue weighted by atomic mass is 79.9. The molecule has 2 bridgehead atoms. The van der Waals surface area contributed by atoms with Crippen LogP contribution >= 0.6 is 27.5 Å². The molecule has 1 amide bonds. The van der Waals surface area contributed by atoms with E-state index in [9.17, 15) is 9.90 Å². The van der Waals surface area contributed by atoms with E-state index in [1.165, 1.54) is 12.1 Å². The number of piperidine rings is 1. The highest BCUT2D eigenvalue weighted by molar-refractivity contribution is 9.09. The molecule has 2 unspecified atom stereocenters. The van der Waals surface area contributed by atoms with Gasteiger partial charge in [-0.15, -0.1) is 0 Å². The molecular formula is C14H15BrClNO2. The van der Waals surface area contributed by atoms with E-state index in [0.29, 0.717) is 27.5 Å². The lowest BCUT2D eigenvalue weighted by Gasteiger charge is -2.37. The molecule has 3 rings (SSSR count). The molecule has 19 heavy (non-hydrogen) atoms. The third-order valence-electron chi connectivity index (χ3n) is 4.09. The Morgan fingerprint density at radius 2 is 1.95 bits per heavy atom. The number of phenolic OH excluding ortho intramolecular Hbond substituents is 1. The number of hydrogen-bond acceptors (Lipinski definition) is 2. The Morgan fingerprint density at radius 3 is 2.58 bits per heavy atom. The third kappa shape index (κ3) is 2.36. The second-order valence-corrected chi connectivity index (χ2v) is 7.03. The topological polar surface area (TPSA) is 40.5 Å². The van der Waals surface area contributed by atoms with Gasteiger partial charge in [0.05, 0.1) is 10.6 Å². The molecule has 0 radical (unpaired) electrons. The summed E-state index contributed by atoms with van der Waals surface area (Å²) in [6.07, 6.45) is 4.13. The largest absolute Gasteiger partial charge is 0.508 e. The number of hydrogen-bond donors (Lipinski definition) is 1. The van der Waals surface area contributed by atoms with Gasteiger partial charge in [0, 0.05) is 16.9 Å². The molecule has 0 aliphatic carbocycles. The zero-order valence-electron chi connectivity index (χ0n) is 10.4. The van der Waals surface area contributed by atoms with Crippen molar-refractivity contribution in [2.24, 2.45) is 0 Å². The van der Waals surface area contributed by atoms with Crippen LogP contribution in [-0.2, 0) is 0 Å². The molecule has 0 saturated carbocycles. The van der Waals surface area contributed by atoms with Gasteiger partial charge in [-0.05, 0) is 43.9 Å². The van der Waals surface area contributed by atoms with E-state index in [0.717, 1.165) is 25.7 Å².